The van der Waals surface area contributed by atoms with Gasteiger partial charge in [-0.3, -0.25) is 4.99 Å². The third-order valence-electron chi connectivity index (χ3n) is 4.86. The van der Waals surface area contributed by atoms with Gasteiger partial charge in [0.2, 0.25) is 0 Å². The largest absolute Gasteiger partial charge is 0.378 e. The molecule has 0 saturated heterocycles. The average molecular weight is 407 g/mol. The summed E-state index contributed by atoms with van der Waals surface area (Å²) in [6, 6.07) is 0.0852. The Labute approximate surface area is 186 Å². The molecule has 1 atom stereocenters. The van der Waals surface area contributed by atoms with Gasteiger partial charge in [-0.1, -0.05) is 82.2 Å². The monoisotopic (exact) mass is 406 g/mol. The predicted octanol–water partition coefficient (Wildman–Crippen LogP) is 8.17. The minimum absolute atomic E-state index is 0.0852. The van der Waals surface area contributed by atoms with Crippen molar-refractivity contribution in [3.8, 4) is 0 Å². The number of hydrogen-bond donors (Lipinski definition) is 1. The van der Waals surface area contributed by atoms with Crippen LogP contribution in [0.25, 0.3) is 0 Å². The Bertz CT molecular complexity index is 781. The molecule has 0 radical (unpaired) electrons. The van der Waals surface area contributed by atoms with E-state index in [1.54, 1.807) is 0 Å². The van der Waals surface area contributed by atoms with Crippen LogP contribution in [0.2, 0.25) is 0 Å². The summed E-state index contributed by atoms with van der Waals surface area (Å²) in [6.45, 7) is 32.9. The van der Waals surface area contributed by atoms with Crippen molar-refractivity contribution >= 4 is 5.71 Å². The molecule has 0 fully saturated rings. The zero-order valence-corrected chi connectivity index (χ0v) is 20.2. The van der Waals surface area contributed by atoms with Crippen molar-refractivity contribution in [1.82, 2.24) is 5.32 Å². The van der Waals surface area contributed by atoms with E-state index >= 15 is 0 Å². The van der Waals surface area contributed by atoms with Gasteiger partial charge >= 0.3 is 0 Å². The molecule has 0 bridgehead atoms. The second-order valence-corrected chi connectivity index (χ2v) is 7.82. The Balaban J connectivity index is 5.41. The fourth-order valence-electron chi connectivity index (χ4n) is 2.79. The molecule has 164 valence electrons. The maximum atomic E-state index is 4.72. The first-order valence-corrected chi connectivity index (χ1v) is 10.8. The first-order valence-electron chi connectivity index (χ1n) is 10.8. The molecular weight excluding hydrogens is 364 g/mol. The molecule has 0 heterocycles. The van der Waals surface area contributed by atoms with Gasteiger partial charge in [-0.2, -0.15) is 0 Å². The van der Waals surface area contributed by atoms with Crippen molar-refractivity contribution in [2.24, 2.45) is 4.99 Å². The van der Waals surface area contributed by atoms with Crippen LogP contribution < -0.4 is 5.32 Å². The molecule has 2 heteroatoms. The van der Waals surface area contributed by atoms with Crippen molar-refractivity contribution in [3.63, 3.8) is 0 Å². The molecule has 2 nitrogen and oxygen atoms in total. The summed E-state index contributed by atoms with van der Waals surface area (Å²) in [5, 5.41) is 3.51. The van der Waals surface area contributed by atoms with Crippen LogP contribution in [0.3, 0.4) is 0 Å². The fraction of sp³-hybridized carbons (Fsp3) is 0.393. The zero-order chi connectivity index (χ0) is 23.3. The lowest BCUT2D eigenvalue weighted by Gasteiger charge is -2.20. The summed E-state index contributed by atoms with van der Waals surface area (Å²) in [7, 11) is 0. The van der Waals surface area contributed by atoms with Crippen molar-refractivity contribution in [3.05, 3.63) is 96.5 Å². The van der Waals surface area contributed by atoms with E-state index < -0.39 is 0 Å². The number of nitrogens with zero attached hydrogens (tertiary/aromatic N) is 1. The van der Waals surface area contributed by atoms with Gasteiger partial charge in [0.25, 0.3) is 0 Å². The number of hydrogen-bond acceptors (Lipinski definition) is 2. The molecule has 0 saturated carbocycles. The van der Waals surface area contributed by atoms with E-state index in [0.717, 1.165) is 58.7 Å². The zero-order valence-electron chi connectivity index (χ0n) is 20.2. The third kappa shape index (κ3) is 10.8. The number of nitrogens with one attached hydrogen (secondary N) is 1. The van der Waals surface area contributed by atoms with E-state index in [4.69, 9.17) is 4.99 Å². The maximum Gasteiger partial charge on any atom is 0.0669 e. The quantitative estimate of drug-likeness (QED) is 0.175. The molecule has 0 aliphatic heterocycles. The molecule has 0 aromatic rings. The van der Waals surface area contributed by atoms with E-state index in [0.29, 0.717) is 6.42 Å². The van der Waals surface area contributed by atoms with E-state index in [9.17, 15) is 0 Å². The Morgan fingerprint density at radius 2 is 1.63 bits per heavy atom. The first-order chi connectivity index (χ1) is 14.0. The minimum atomic E-state index is 0.0852. The van der Waals surface area contributed by atoms with Crippen LogP contribution in [-0.4, -0.2) is 11.8 Å². The molecule has 0 spiro atoms. The van der Waals surface area contributed by atoms with Crippen molar-refractivity contribution in [2.45, 2.75) is 73.3 Å². The van der Waals surface area contributed by atoms with E-state index in [-0.39, 0.29) is 6.04 Å². The maximum absolute atomic E-state index is 4.72. The van der Waals surface area contributed by atoms with Crippen molar-refractivity contribution in [1.29, 1.82) is 0 Å². The second kappa shape index (κ2) is 14.4. The van der Waals surface area contributed by atoms with Crippen LogP contribution in [0.4, 0.5) is 0 Å². The normalized spacial score (nSPS) is 13.9. The summed E-state index contributed by atoms with van der Waals surface area (Å²) in [6.07, 6.45) is 11.7. The SMILES string of the molecule is C=C(C)C/C(C)=C/CC(=NC(=C)CC)C(=C)N[C@@H](C)C(/C=C\C(=C)C(=C)CC)=C/C. The molecule has 0 aromatic heterocycles. The number of rotatable bonds is 14. The first kappa shape index (κ1) is 27.4. The lowest BCUT2D eigenvalue weighted by Crippen LogP contribution is -2.30. The van der Waals surface area contributed by atoms with E-state index in [1.165, 1.54) is 5.57 Å². The number of aliphatic imine (C=N–C) groups is 1. The summed E-state index contributed by atoms with van der Waals surface area (Å²) in [5.41, 5.74) is 8.20. The Kier molecular flexibility index (Phi) is 13.1. The predicted molar refractivity (Wildman–Crippen MR) is 138 cm³/mol. The van der Waals surface area contributed by atoms with Gasteiger partial charge in [0.1, 0.15) is 0 Å². The van der Waals surface area contributed by atoms with Crippen LogP contribution in [0.1, 0.15) is 67.2 Å². The van der Waals surface area contributed by atoms with Crippen LogP contribution in [-0.2, 0) is 0 Å². The Morgan fingerprint density at radius 1 is 1.00 bits per heavy atom. The van der Waals surface area contributed by atoms with Gasteiger partial charge in [-0.05, 0) is 63.7 Å². The molecule has 0 aliphatic carbocycles. The highest BCUT2D eigenvalue weighted by Gasteiger charge is 2.11. The van der Waals surface area contributed by atoms with Crippen molar-refractivity contribution in [2.75, 3.05) is 0 Å². The molecule has 30 heavy (non-hydrogen) atoms. The molecule has 0 aliphatic rings. The van der Waals surface area contributed by atoms with E-state index in [1.807, 2.05) is 19.9 Å². The Hall–Kier alpha value is -2.61. The van der Waals surface area contributed by atoms with Crippen LogP contribution in [0.15, 0.2) is 101 Å². The molecule has 0 amide bonds. The van der Waals surface area contributed by atoms with Crippen molar-refractivity contribution < 1.29 is 0 Å². The molecule has 0 rings (SSSR count). The highest BCUT2D eigenvalue weighted by atomic mass is 14.9. The van der Waals surface area contributed by atoms with Gasteiger partial charge in [-0.25, -0.2) is 0 Å². The fourth-order valence-corrected chi connectivity index (χ4v) is 2.79. The third-order valence-corrected chi connectivity index (χ3v) is 4.86. The van der Waals surface area contributed by atoms with Gasteiger partial charge < -0.3 is 5.32 Å². The topological polar surface area (TPSA) is 24.4 Å². The van der Waals surface area contributed by atoms with Gasteiger partial charge in [-0.15, -0.1) is 0 Å². The molecular formula is C28H42N2. The van der Waals surface area contributed by atoms with Gasteiger partial charge in [0, 0.05) is 23.9 Å². The van der Waals surface area contributed by atoms with Crippen LogP contribution in [0, 0.1) is 0 Å². The second-order valence-electron chi connectivity index (χ2n) is 7.82. The van der Waals surface area contributed by atoms with Gasteiger partial charge in [0.05, 0.1) is 5.71 Å². The minimum Gasteiger partial charge on any atom is -0.378 e. The summed E-state index contributed by atoms with van der Waals surface area (Å²) < 4.78 is 0. The molecule has 1 N–H and O–H groups in total. The number of allylic oxidation sites excluding steroid dienone is 9. The van der Waals surface area contributed by atoms with Gasteiger partial charge in [0.15, 0.2) is 0 Å². The standard InChI is InChI=1S/C28H42N2/c1-12-22(7)23(8)16-17-27(14-3)25(10)30-26(11)28(29-24(9)13-2)18-15-21(6)19-20(4)5/h14-17,25,30H,4,7-9,11-13,18-19H2,1-3,5-6,10H3/b17-16-,21-15+,27-14+,29-28?/t25-/m0/s1. The Morgan fingerprint density at radius 3 is 2.13 bits per heavy atom. The van der Waals surface area contributed by atoms with Crippen LogP contribution >= 0.6 is 0 Å². The highest BCUT2D eigenvalue weighted by Crippen LogP contribution is 2.16. The summed E-state index contributed by atoms with van der Waals surface area (Å²) in [5.74, 6) is 0. The lowest BCUT2D eigenvalue weighted by molar-refractivity contribution is 0.724. The summed E-state index contributed by atoms with van der Waals surface area (Å²) >= 11 is 0. The molecule has 0 unspecified atom stereocenters. The average Bonchev–Trinajstić information content (AvgIpc) is 2.69. The highest BCUT2D eigenvalue weighted by molar-refractivity contribution is 6.00. The smallest absolute Gasteiger partial charge is 0.0669 e. The van der Waals surface area contributed by atoms with E-state index in [2.05, 4.69) is 84.1 Å². The lowest BCUT2D eigenvalue weighted by atomic mass is 10.0. The van der Waals surface area contributed by atoms with Crippen LogP contribution in [0.5, 0.6) is 0 Å². The molecule has 0 aromatic carbocycles. The summed E-state index contributed by atoms with van der Waals surface area (Å²) in [4.78, 5) is 4.72.